The van der Waals surface area contributed by atoms with E-state index in [1.54, 1.807) is 12.1 Å². The van der Waals surface area contributed by atoms with Gasteiger partial charge in [0.05, 0.1) is 0 Å². The van der Waals surface area contributed by atoms with Gasteiger partial charge >= 0.3 is 0 Å². The second kappa shape index (κ2) is 8.09. The summed E-state index contributed by atoms with van der Waals surface area (Å²) in [6, 6.07) is 27.2. The molecule has 0 radical (unpaired) electrons. The summed E-state index contributed by atoms with van der Waals surface area (Å²) in [6.07, 6.45) is 6.52. The van der Waals surface area contributed by atoms with Crippen LogP contribution in [0.4, 0.5) is 4.39 Å². The highest BCUT2D eigenvalue weighted by atomic mass is 19.1. The van der Waals surface area contributed by atoms with Crippen LogP contribution in [0.1, 0.15) is 60.4 Å². The van der Waals surface area contributed by atoms with Crippen LogP contribution in [0.25, 0.3) is 10.9 Å². The van der Waals surface area contributed by atoms with Crippen molar-refractivity contribution in [3.63, 3.8) is 0 Å². The van der Waals surface area contributed by atoms with Crippen LogP contribution in [0.15, 0.2) is 78.9 Å². The molecule has 2 aliphatic rings. The van der Waals surface area contributed by atoms with Crippen molar-refractivity contribution in [2.45, 2.75) is 55.4 Å². The van der Waals surface area contributed by atoms with E-state index in [2.05, 4.69) is 84.6 Å². The molecule has 2 nitrogen and oxygen atoms in total. The van der Waals surface area contributed by atoms with Gasteiger partial charge in [-0.15, -0.1) is 0 Å². The molecular formula is C31H33FN2. The molecule has 2 aliphatic carbocycles. The number of aromatic nitrogens is 1. The van der Waals surface area contributed by atoms with Gasteiger partial charge in [-0.3, -0.25) is 4.90 Å². The summed E-state index contributed by atoms with van der Waals surface area (Å²) in [5.74, 6) is 0.382. The minimum Gasteiger partial charge on any atom is -0.358 e. The van der Waals surface area contributed by atoms with E-state index >= 15 is 0 Å². The highest BCUT2D eigenvalue weighted by molar-refractivity contribution is 5.85. The zero-order chi connectivity index (χ0) is 23.3. The number of fused-ring (bicyclic) bond motifs is 4. The van der Waals surface area contributed by atoms with E-state index in [0.29, 0.717) is 5.92 Å². The summed E-state index contributed by atoms with van der Waals surface area (Å²) in [5.41, 5.74) is 6.80. The molecule has 3 aromatic carbocycles. The molecule has 1 spiro atoms. The molecular weight excluding hydrogens is 419 g/mol. The Hall–Kier alpha value is -2.91. The Morgan fingerprint density at radius 1 is 0.853 bits per heavy atom. The lowest BCUT2D eigenvalue weighted by atomic mass is 9.57. The van der Waals surface area contributed by atoms with Crippen molar-refractivity contribution in [3.05, 3.63) is 107 Å². The van der Waals surface area contributed by atoms with Gasteiger partial charge in [0.15, 0.2) is 0 Å². The van der Waals surface area contributed by atoms with Crippen LogP contribution in [-0.4, -0.2) is 24.0 Å². The molecule has 3 heteroatoms. The molecule has 1 aromatic heterocycles. The van der Waals surface area contributed by atoms with Gasteiger partial charge in [0.1, 0.15) is 5.82 Å². The van der Waals surface area contributed by atoms with Crippen molar-refractivity contribution in [3.8, 4) is 0 Å². The second-order valence-corrected chi connectivity index (χ2v) is 10.8. The van der Waals surface area contributed by atoms with Crippen LogP contribution < -0.4 is 0 Å². The van der Waals surface area contributed by atoms with Crippen LogP contribution in [0, 0.1) is 5.82 Å². The van der Waals surface area contributed by atoms with Crippen LogP contribution in [0.2, 0.25) is 0 Å². The maximum absolute atomic E-state index is 14.2. The van der Waals surface area contributed by atoms with Gasteiger partial charge in [-0.1, -0.05) is 60.7 Å². The van der Waals surface area contributed by atoms with Crippen molar-refractivity contribution in [2.75, 3.05) is 14.1 Å². The Labute approximate surface area is 201 Å². The summed E-state index contributed by atoms with van der Waals surface area (Å²) in [5, 5.41) is 1.38. The van der Waals surface area contributed by atoms with E-state index in [0.717, 1.165) is 37.7 Å². The van der Waals surface area contributed by atoms with E-state index in [4.69, 9.17) is 0 Å². The molecule has 6 rings (SSSR count). The molecule has 1 heterocycles. The first-order valence-electron chi connectivity index (χ1n) is 12.6. The largest absolute Gasteiger partial charge is 0.358 e. The Kier molecular flexibility index (Phi) is 5.14. The highest BCUT2D eigenvalue weighted by Gasteiger charge is 2.50. The summed E-state index contributed by atoms with van der Waals surface area (Å²) < 4.78 is 14.2. The predicted molar refractivity (Wildman–Crippen MR) is 138 cm³/mol. The molecule has 0 saturated heterocycles. The number of aromatic amines is 1. The zero-order valence-corrected chi connectivity index (χ0v) is 20.2. The summed E-state index contributed by atoms with van der Waals surface area (Å²) in [6.45, 7) is 0. The summed E-state index contributed by atoms with van der Waals surface area (Å²) in [7, 11) is 4.32. The topological polar surface area (TPSA) is 19.0 Å². The fraction of sp³-hybridized carbons (Fsp3) is 0.355. The lowest BCUT2D eigenvalue weighted by Crippen LogP contribution is -2.49. The number of benzene rings is 3. The molecule has 1 saturated carbocycles. The van der Waals surface area contributed by atoms with E-state index in [1.807, 2.05) is 6.07 Å². The third-order valence-corrected chi connectivity index (χ3v) is 8.95. The number of halogens is 1. The van der Waals surface area contributed by atoms with E-state index in [1.165, 1.54) is 34.1 Å². The molecule has 0 bridgehead atoms. The molecule has 1 unspecified atom stereocenters. The van der Waals surface area contributed by atoms with Gasteiger partial charge in [-0.05, 0) is 93.4 Å². The van der Waals surface area contributed by atoms with Crippen LogP contribution in [-0.2, 0) is 17.4 Å². The number of nitrogens with one attached hydrogen (secondary N) is 1. The Bertz CT molecular complexity index is 1310. The van der Waals surface area contributed by atoms with E-state index in [-0.39, 0.29) is 16.8 Å². The zero-order valence-electron chi connectivity index (χ0n) is 20.2. The third kappa shape index (κ3) is 3.32. The molecule has 1 atom stereocenters. The molecule has 4 aromatic rings. The van der Waals surface area contributed by atoms with Gasteiger partial charge in [-0.25, -0.2) is 4.39 Å². The quantitative estimate of drug-likeness (QED) is 0.345. The van der Waals surface area contributed by atoms with E-state index in [9.17, 15) is 4.39 Å². The Morgan fingerprint density at radius 3 is 2.32 bits per heavy atom. The summed E-state index contributed by atoms with van der Waals surface area (Å²) >= 11 is 0. The molecule has 0 amide bonds. The fourth-order valence-electron chi connectivity index (χ4n) is 7.09. The fourth-order valence-corrected chi connectivity index (χ4v) is 7.09. The molecule has 1 N–H and O–H groups in total. The van der Waals surface area contributed by atoms with Crippen molar-refractivity contribution in [1.82, 2.24) is 9.88 Å². The number of H-pyrrole nitrogens is 1. The number of hydrogen-bond donors (Lipinski definition) is 1. The molecule has 34 heavy (non-hydrogen) atoms. The Balaban J connectivity index is 1.43. The van der Waals surface area contributed by atoms with Crippen molar-refractivity contribution < 1.29 is 4.39 Å². The van der Waals surface area contributed by atoms with Gasteiger partial charge in [-0.2, -0.15) is 0 Å². The third-order valence-electron chi connectivity index (χ3n) is 8.95. The monoisotopic (exact) mass is 452 g/mol. The maximum atomic E-state index is 14.2. The van der Waals surface area contributed by atoms with E-state index < -0.39 is 0 Å². The minimum atomic E-state index is -0.140. The number of rotatable bonds is 3. The Morgan fingerprint density at radius 2 is 1.59 bits per heavy atom. The van der Waals surface area contributed by atoms with Crippen molar-refractivity contribution in [1.29, 1.82) is 0 Å². The number of nitrogens with zero attached hydrogens (tertiary/aromatic N) is 1. The van der Waals surface area contributed by atoms with Gasteiger partial charge in [0, 0.05) is 27.6 Å². The first-order chi connectivity index (χ1) is 16.5. The smallest absolute Gasteiger partial charge is 0.123 e. The SMILES string of the molecule is CN(C)C1(c2cccc(F)c2)CCC2(CC1)CC(c1ccccc1)Cc1c2[nH]c2ccccc12. The van der Waals surface area contributed by atoms with Gasteiger partial charge in [0.2, 0.25) is 0 Å². The van der Waals surface area contributed by atoms with Crippen LogP contribution in [0.3, 0.4) is 0 Å². The van der Waals surface area contributed by atoms with Gasteiger partial charge in [0.25, 0.3) is 0 Å². The average Bonchev–Trinajstić information content (AvgIpc) is 3.25. The first-order valence-corrected chi connectivity index (χ1v) is 12.6. The molecule has 1 fully saturated rings. The van der Waals surface area contributed by atoms with Crippen LogP contribution >= 0.6 is 0 Å². The number of para-hydroxylation sites is 1. The lowest BCUT2D eigenvalue weighted by Gasteiger charge is -2.52. The average molecular weight is 453 g/mol. The summed E-state index contributed by atoms with van der Waals surface area (Å²) in [4.78, 5) is 6.21. The normalized spacial score (nSPS) is 26.8. The standard InChI is InChI=1S/C31H33FN2/c1-34(2)31(24-11-8-12-25(32)20-24)17-15-30(16-18-31)21-23(22-9-4-3-5-10-22)19-27-26-13-6-7-14-28(26)33-29(27)30/h3-14,20,23,33H,15-19,21H2,1-2H3. The van der Waals surface area contributed by atoms with Crippen molar-refractivity contribution >= 4 is 10.9 Å². The first kappa shape index (κ1) is 21.6. The second-order valence-electron chi connectivity index (χ2n) is 10.8. The van der Waals surface area contributed by atoms with Gasteiger partial charge < -0.3 is 4.98 Å². The minimum absolute atomic E-state index is 0.125. The highest BCUT2D eigenvalue weighted by Crippen LogP contribution is 2.56. The molecule has 0 aliphatic heterocycles. The number of hydrogen-bond acceptors (Lipinski definition) is 1. The lowest BCUT2D eigenvalue weighted by molar-refractivity contribution is 0.0554. The maximum Gasteiger partial charge on any atom is 0.123 e. The predicted octanol–water partition coefficient (Wildman–Crippen LogP) is 7.31. The molecule has 174 valence electrons. The van der Waals surface area contributed by atoms with Crippen LogP contribution in [0.5, 0.6) is 0 Å². The van der Waals surface area contributed by atoms with Crippen molar-refractivity contribution in [2.24, 2.45) is 0 Å².